The second-order valence-corrected chi connectivity index (χ2v) is 12.7. The lowest BCUT2D eigenvalue weighted by molar-refractivity contribution is -0.165. The zero-order valence-corrected chi connectivity index (χ0v) is 27.5. The van der Waals surface area contributed by atoms with Crippen LogP contribution in [0.15, 0.2) is 42.5 Å². The number of carbonyl (C=O) groups excluding carboxylic acids is 1. The summed E-state index contributed by atoms with van der Waals surface area (Å²) in [6.07, 6.45) is 2.98. The number of aromatic nitrogens is 2. The molecule has 0 fully saturated rings. The molecule has 3 aliphatic rings. The molecule has 2 aromatic heterocycles. The van der Waals surface area contributed by atoms with Gasteiger partial charge in [-0.3, -0.25) is 9.59 Å². The Labute approximate surface area is 284 Å². The third kappa shape index (κ3) is 10.5. The van der Waals surface area contributed by atoms with Gasteiger partial charge in [0.25, 0.3) is 0 Å². The number of halogens is 3. The van der Waals surface area contributed by atoms with Gasteiger partial charge >= 0.3 is 12.1 Å². The van der Waals surface area contributed by atoms with Crippen LogP contribution in [0, 0.1) is 5.92 Å². The minimum Gasteiger partial charge on any atom is -0.493 e. The number of aryl methyl sites for hydroxylation is 2. The summed E-state index contributed by atoms with van der Waals surface area (Å²) >= 11 is 0. The minimum absolute atomic E-state index is 0.0706. The molecule has 0 unspecified atom stereocenters. The molecule has 4 N–H and O–H groups in total. The highest BCUT2D eigenvalue weighted by atomic mass is 19.4. The fraction of sp³-hybridized carbons (Fsp3) is 0.500. The van der Waals surface area contributed by atoms with Crippen molar-refractivity contribution >= 4 is 23.5 Å². The molecule has 0 saturated carbocycles. The average Bonchev–Trinajstić information content (AvgIpc) is 3.49. The molecule has 3 aromatic rings. The number of hydrogen-bond donors (Lipinski definition) is 4. The molecule has 0 bridgehead atoms. The van der Waals surface area contributed by atoms with Gasteiger partial charge in [0, 0.05) is 50.5 Å². The van der Waals surface area contributed by atoms with Gasteiger partial charge in [0.2, 0.25) is 5.91 Å². The second-order valence-electron chi connectivity index (χ2n) is 12.7. The monoisotopic (exact) mass is 683 g/mol. The lowest BCUT2D eigenvalue weighted by atomic mass is 9.94. The first kappa shape index (κ1) is 35.9. The summed E-state index contributed by atoms with van der Waals surface area (Å²) in [6.45, 7) is 0.742. The van der Waals surface area contributed by atoms with Crippen LogP contribution in [0.2, 0.25) is 0 Å². The molecular formula is C36H44F3N5O5. The number of ether oxygens (including phenoxy) is 1. The van der Waals surface area contributed by atoms with Crippen LogP contribution in [-0.2, 0) is 48.2 Å². The zero-order valence-electron chi connectivity index (χ0n) is 27.5. The molecule has 1 amide bonds. The predicted molar refractivity (Wildman–Crippen MR) is 179 cm³/mol. The van der Waals surface area contributed by atoms with Gasteiger partial charge in [-0.25, -0.2) is 9.97 Å². The highest BCUT2D eigenvalue weighted by Crippen LogP contribution is 2.30. The number of aliphatic carboxylic acids is 1. The first-order valence-corrected chi connectivity index (χ1v) is 17.0. The third-order valence-electron chi connectivity index (χ3n) is 8.86. The van der Waals surface area contributed by atoms with Gasteiger partial charge < -0.3 is 30.5 Å². The Bertz CT molecular complexity index is 1600. The smallest absolute Gasteiger partial charge is 0.406 e. The van der Waals surface area contributed by atoms with E-state index < -0.39 is 36.9 Å². The van der Waals surface area contributed by atoms with Crippen molar-refractivity contribution in [3.05, 3.63) is 76.1 Å². The lowest BCUT2D eigenvalue weighted by Gasteiger charge is -2.25. The number of pyridine rings is 2. The van der Waals surface area contributed by atoms with E-state index in [-0.39, 0.29) is 19.6 Å². The lowest BCUT2D eigenvalue weighted by Crippen LogP contribution is -2.41. The number of aliphatic hydroxyl groups excluding tert-OH is 1. The molecule has 0 spiro atoms. The van der Waals surface area contributed by atoms with Gasteiger partial charge in [-0.15, -0.1) is 0 Å². The molecule has 1 atom stereocenters. The number of nitrogens with zero attached hydrogens (tertiary/aromatic N) is 3. The van der Waals surface area contributed by atoms with Crippen molar-refractivity contribution in [2.75, 3.05) is 43.5 Å². The van der Waals surface area contributed by atoms with Crippen molar-refractivity contribution in [3.63, 3.8) is 0 Å². The highest BCUT2D eigenvalue weighted by molar-refractivity contribution is 5.84. The number of rotatable bonds is 9. The number of hydrogen-bond acceptors (Lipinski definition) is 8. The van der Waals surface area contributed by atoms with E-state index in [2.05, 4.69) is 32.7 Å². The van der Waals surface area contributed by atoms with Gasteiger partial charge in [-0.1, -0.05) is 18.2 Å². The normalized spacial score (nSPS) is 17.3. The Balaban J connectivity index is 0.000000278. The Kier molecular flexibility index (Phi) is 12.3. The minimum atomic E-state index is -4.59. The average molecular weight is 684 g/mol. The molecule has 13 heteroatoms. The number of carbonyl (C=O) groups is 2. The van der Waals surface area contributed by atoms with Crippen molar-refractivity contribution in [1.82, 2.24) is 14.9 Å². The number of aliphatic hydroxyl groups is 1. The van der Waals surface area contributed by atoms with Gasteiger partial charge in [-0.05, 0) is 91.5 Å². The molecule has 0 saturated heterocycles. The van der Waals surface area contributed by atoms with Crippen LogP contribution >= 0.6 is 0 Å². The number of benzene rings is 1. The van der Waals surface area contributed by atoms with Crippen molar-refractivity contribution in [3.8, 4) is 5.75 Å². The van der Waals surface area contributed by atoms with E-state index >= 15 is 0 Å². The summed E-state index contributed by atoms with van der Waals surface area (Å²) in [7, 11) is 0. The maximum atomic E-state index is 13.1. The predicted octanol–water partition coefficient (Wildman–Crippen LogP) is 5.35. The molecule has 6 rings (SSSR count). The molecule has 1 aromatic carbocycles. The number of nitrogens with one attached hydrogen (secondary N) is 2. The number of fused-ring (bicyclic) bond motifs is 3. The van der Waals surface area contributed by atoms with E-state index in [1.54, 1.807) is 18.2 Å². The quantitative estimate of drug-likeness (QED) is 0.235. The maximum absolute atomic E-state index is 13.1. The van der Waals surface area contributed by atoms with E-state index in [1.807, 2.05) is 12.1 Å². The summed E-state index contributed by atoms with van der Waals surface area (Å²) in [6, 6.07) is 13.3. The van der Waals surface area contributed by atoms with E-state index in [1.165, 1.54) is 24.0 Å². The molecule has 10 nitrogen and oxygen atoms in total. The summed E-state index contributed by atoms with van der Waals surface area (Å²) in [4.78, 5) is 33.7. The summed E-state index contributed by atoms with van der Waals surface area (Å²) in [5.74, 6) is -0.654. The Morgan fingerprint density at radius 2 is 1.49 bits per heavy atom. The van der Waals surface area contributed by atoms with Crippen LogP contribution in [-0.4, -0.2) is 76.0 Å². The number of anilines is 2. The number of alkyl halides is 3. The zero-order chi connectivity index (χ0) is 34.8. The largest absolute Gasteiger partial charge is 0.493 e. The third-order valence-corrected chi connectivity index (χ3v) is 8.86. The number of carboxylic acid groups (broad SMARTS) is 1. The van der Waals surface area contributed by atoms with Crippen molar-refractivity contribution in [2.45, 2.75) is 76.9 Å². The van der Waals surface area contributed by atoms with Crippen LogP contribution in [0.4, 0.5) is 24.8 Å². The standard InChI is InChI=1S/C25H28F3N3O4.C11H16N2O/c26-25(27,28)15-31-14-19-12-21(7-5-17(19)11-18(24(31)34)13-22(32)33)35-10-8-20-6-4-16-3-1-2-9-29-23(16)30-20;14-8-6-10-5-4-9-3-1-2-7-12-11(9)13-10/h4-7,12,18H,1-3,8-11,13-15H2,(H,29,30)(H,32,33);4-5,14H,1-3,6-8H2,(H,12,13)/t18-;/m0./s1. The van der Waals surface area contributed by atoms with Crippen molar-refractivity contribution in [1.29, 1.82) is 0 Å². The van der Waals surface area contributed by atoms with Crippen LogP contribution < -0.4 is 15.4 Å². The highest BCUT2D eigenvalue weighted by Gasteiger charge is 2.38. The number of carboxylic acids is 1. The molecule has 5 heterocycles. The maximum Gasteiger partial charge on any atom is 0.406 e. The Hall–Kier alpha value is -4.39. The Morgan fingerprint density at radius 1 is 0.878 bits per heavy atom. The first-order chi connectivity index (χ1) is 23.6. The summed E-state index contributed by atoms with van der Waals surface area (Å²) in [5, 5.41) is 24.6. The second kappa shape index (κ2) is 16.8. The van der Waals surface area contributed by atoms with Gasteiger partial charge in [0.05, 0.1) is 18.9 Å². The van der Waals surface area contributed by atoms with E-state index in [4.69, 9.17) is 14.9 Å². The summed E-state index contributed by atoms with van der Waals surface area (Å²) < 4.78 is 45.2. The molecule has 264 valence electrons. The molecule has 0 aliphatic carbocycles. The van der Waals surface area contributed by atoms with Crippen LogP contribution in [0.5, 0.6) is 5.75 Å². The van der Waals surface area contributed by atoms with Crippen molar-refractivity contribution < 1.29 is 37.7 Å². The topological polar surface area (TPSA) is 137 Å². The SMILES string of the molecule is O=C(O)C[C@@H]1Cc2ccc(OCCc3ccc4c(n3)NCCCC4)cc2CN(CC(F)(F)F)C1=O.OCCc1ccc2c(n1)NCCCC2. The molecule has 49 heavy (non-hydrogen) atoms. The van der Waals surface area contributed by atoms with E-state index in [0.717, 1.165) is 61.8 Å². The van der Waals surface area contributed by atoms with Gasteiger partial charge in [-0.2, -0.15) is 13.2 Å². The van der Waals surface area contributed by atoms with Crippen molar-refractivity contribution in [2.24, 2.45) is 5.92 Å². The first-order valence-electron chi connectivity index (χ1n) is 17.0. The van der Waals surface area contributed by atoms with Crippen LogP contribution in [0.25, 0.3) is 0 Å². The Morgan fingerprint density at radius 3 is 2.08 bits per heavy atom. The molecular weight excluding hydrogens is 639 g/mol. The summed E-state index contributed by atoms with van der Waals surface area (Å²) in [5.41, 5.74) is 5.55. The van der Waals surface area contributed by atoms with Gasteiger partial charge in [0.1, 0.15) is 23.9 Å². The van der Waals surface area contributed by atoms with Crippen LogP contribution in [0.1, 0.15) is 65.7 Å². The fourth-order valence-electron chi connectivity index (χ4n) is 6.38. The van der Waals surface area contributed by atoms with Crippen LogP contribution in [0.3, 0.4) is 0 Å². The molecule has 3 aliphatic heterocycles. The molecule has 0 radical (unpaired) electrons. The van der Waals surface area contributed by atoms with E-state index in [9.17, 15) is 22.8 Å². The van der Waals surface area contributed by atoms with Gasteiger partial charge in [0.15, 0.2) is 0 Å². The fourth-order valence-corrected chi connectivity index (χ4v) is 6.38. The number of amides is 1. The van der Waals surface area contributed by atoms with E-state index in [0.29, 0.717) is 41.2 Å².